The summed E-state index contributed by atoms with van der Waals surface area (Å²) in [7, 11) is -0.619. The van der Waals surface area contributed by atoms with Gasteiger partial charge in [-0.25, -0.2) is 32.7 Å². The van der Waals surface area contributed by atoms with Gasteiger partial charge in [0.25, 0.3) is 0 Å². The lowest BCUT2D eigenvalue weighted by Crippen LogP contribution is -2.37. The molecule has 0 aliphatic heterocycles. The lowest BCUT2D eigenvalue weighted by Gasteiger charge is -2.35. The summed E-state index contributed by atoms with van der Waals surface area (Å²) in [5.74, 6) is 4.16. The molecule has 0 radical (unpaired) electrons. The topological polar surface area (TPSA) is 149 Å². The van der Waals surface area contributed by atoms with Crippen LogP contribution in [0.5, 0.6) is 0 Å². The molecule has 4 aromatic heterocycles. The number of hydrogen-bond acceptors (Lipinski definition) is 10. The van der Waals surface area contributed by atoms with Crippen LogP contribution in [0.25, 0.3) is 22.1 Å². The van der Waals surface area contributed by atoms with Gasteiger partial charge in [0.05, 0.1) is 10.8 Å². The fraction of sp³-hybridized carbons (Fsp3) is 0.625. The minimum absolute atomic E-state index is 0.298. The first-order valence-electron chi connectivity index (χ1n) is 16.5. The fourth-order valence-electron chi connectivity index (χ4n) is 7.44. The van der Waals surface area contributed by atoms with Gasteiger partial charge in [-0.15, -0.1) is 0 Å². The van der Waals surface area contributed by atoms with E-state index in [0.29, 0.717) is 47.8 Å². The molecular weight excluding hydrogens is 621 g/mol. The molecule has 0 amide bonds. The van der Waals surface area contributed by atoms with Gasteiger partial charge in [0.15, 0.2) is 0 Å². The Morgan fingerprint density at radius 3 is 2.09 bits per heavy atom. The Balaban J connectivity index is 1.05. The monoisotopic (exact) mass is 668 g/mol. The fourth-order valence-corrected chi connectivity index (χ4v) is 10.5. The van der Waals surface area contributed by atoms with Crippen molar-refractivity contribution >= 4 is 53.2 Å². The standard InChI is InChI=1S/C32H48N10O2S2/c1-5-46(33,44)19-24-8-12-26(13-9-24)41(3)31-28-15-17-42(32(28)38-21-37-31)22-39-45(4,43)18-23-6-10-25(11-7-23)40(2)30-27-14-16-34-29(27)35-20-36-30/h14-17,20-21,23-26,33H,5-13,18-19,22H2,1-4H3,(H,34,35,36). The van der Waals surface area contributed by atoms with Gasteiger partial charge in [-0.2, -0.15) is 0 Å². The van der Waals surface area contributed by atoms with Crippen molar-refractivity contribution in [3.8, 4) is 0 Å². The number of fused-ring (bicyclic) bond motifs is 2. The van der Waals surface area contributed by atoms with Crippen LogP contribution >= 0.6 is 0 Å². The molecule has 2 N–H and O–H groups in total. The number of anilines is 2. The molecule has 6 rings (SSSR count). The van der Waals surface area contributed by atoms with Crippen LogP contribution in [0, 0.1) is 16.6 Å². The average Bonchev–Trinajstić information content (AvgIpc) is 3.71. The second-order valence-electron chi connectivity index (χ2n) is 13.4. The van der Waals surface area contributed by atoms with Crippen LogP contribution in [0.15, 0.2) is 41.5 Å². The molecular formula is C32H48N10O2S2. The Hall–Kier alpha value is -3.26. The summed E-state index contributed by atoms with van der Waals surface area (Å²) >= 11 is 0. The van der Waals surface area contributed by atoms with Crippen molar-refractivity contribution in [2.75, 3.05) is 47.4 Å². The Bertz CT molecular complexity index is 1880. The van der Waals surface area contributed by atoms with E-state index in [9.17, 15) is 8.42 Å². The largest absolute Gasteiger partial charge is 0.356 e. The first-order valence-corrected chi connectivity index (χ1v) is 20.5. The number of hydrogen-bond donors (Lipinski definition) is 2. The lowest BCUT2D eigenvalue weighted by atomic mass is 9.86. The SMILES string of the molecule is CCS(=N)(=O)CC1CCC(N(C)c2ncnc3c2ccn3CN=S(C)(=O)CC2CCC(N(C)c3ncnc4[nH]ccc34)CC2)CC1. The van der Waals surface area contributed by atoms with Crippen LogP contribution in [-0.4, -0.2) is 87.6 Å². The summed E-state index contributed by atoms with van der Waals surface area (Å²) in [6.07, 6.45) is 17.0. The molecule has 0 saturated heterocycles. The number of rotatable bonds is 11. The third kappa shape index (κ3) is 7.17. The van der Waals surface area contributed by atoms with Gasteiger partial charge in [0.2, 0.25) is 0 Å². The molecule has 250 valence electrons. The van der Waals surface area contributed by atoms with E-state index in [-0.39, 0.29) is 0 Å². The smallest absolute Gasteiger partial charge is 0.147 e. The van der Waals surface area contributed by atoms with Crippen LogP contribution < -0.4 is 9.80 Å². The third-order valence-electron chi connectivity index (χ3n) is 10.3. The lowest BCUT2D eigenvalue weighted by molar-refractivity contribution is 0.342. The molecule has 2 fully saturated rings. The Labute approximate surface area is 273 Å². The molecule has 4 aromatic rings. The zero-order valence-corrected chi connectivity index (χ0v) is 29.1. The minimum Gasteiger partial charge on any atom is -0.356 e. The second-order valence-corrected chi connectivity index (χ2v) is 18.4. The highest BCUT2D eigenvalue weighted by atomic mass is 32.2. The number of H-pyrrole nitrogens is 1. The van der Waals surface area contributed by atoms with Crippen LogP contribution in [0.4, 0.5) is 11.6 Å². The summed E-state index contributed by atoms with van der Waals surface area (Å²) < 4.78 is 40.7. The van der Waals surface area contributed by atoms with Gasteiger partial charge in [-0.05, 0) is 75.3 Å². The predicted molar refractivity (Wildman–Crippen MR) is 187 cm³/mol. The average molecular weight is 669 g/mol. The molecule has 14 heteroatoms. The molecule has 2 aliphatic rings. The normalized spacial score (nSPS) is 24.8. The third-order valence-corrected chi connectivity index (χ3v) is 14.0. The molecule has 2 aliphatic carbocycles. The van der Waals surface area contributed by atoms with E-state index in [0.717, 1.165) is 85.1 Å². The quantitative estimate of drug-likeness (QED) is 0.212. The van der Waals surface area contributed by atoms with Gasteiger partial charge in [-0.1, -0.05) is 6.92 Å². The summed E-state index contributed by atoms with van der Waals surface area (Å²) in [6, 6.07) is 4.80. The highest BCUT2D eigenvalue weighted by Gasteiger charge is 2.29. The molecule has 2 saturated carbocycles. The van der Waals surface area contributed by atoms with E-state index >= 15 is 0 Å². The molecule has 2 unspecified atom stereocenters. The van der Waals surface area contributed by atoms with Crippen molar-refractivity contribution in [2.45, 2.75) is 77.0 Å². The summed E-state index contributed by atoms with van der Waals surface area (Å²) in [5.41, 5.74) is 1.65. The van der Waals surface area contributed by atoms with Gasteiger partial charge in [0.1, 0.15) is 42.3 Å². The van der Waals surface area contributed by atoms with Crippen LogP contribution in [0.1, 0.15) is 58.3 Å². The highest BCUT2D eigenvalue weighted by molar-refractivity contribution is 7.93. The molecule has 0 aromatic carbocycles. The maximum absolute atomic E-state index is 13.7. The molecule has 12 nitrogen and oxygen atoms in total. The summed E-state index contributed by atoms with van der Waals surface area (Å²) in [5, 5.41) is 2.01. The molecule has 4 heterocycles. The van der Waals surface area contributed by atoms with Crippen molar-refractivity contribution in [2.24, 2.45) is 16.2 Å². The maximum atomic E-state index is 13.7. The van der Waals surface area contributed by atoms with Crippen LogP contribution in [0.2, 0.25) is 0 Å². The Kier molecular flexibility index (Phi) is 9.56. The van der Waals surface area contributed by atoms with Crippen LogP contribution in [0.3, 0.4) is 0 Å². The Morgan fingerprint density at radius 2 is 1.46 bits per heavy atom. The molecule has 0 bridgehead atoms. The second kappa shape index (κ2) is 13.5. The number of nitrogens with zero attached hydrogens (tertiary/aromatic N) is 8. The van der Waals surface area contributed by atoms with Gasteiger partial charge < -0.3 is 19.4 Å². The Morgan fingerprint density at radius 1 is 0.870 bits per heavy atom. The number of nitrogens with one attached hydrogen (secondary N) is 2. The maximum Gasteiger partial charge on any atom is 0.147 e. The molecule has 0 spiro atoms. The summed E-state index contributed by atoms with van der Waals surface area (Å²) in [4.78, 5) is 25.8. The van der Waals surface area contributed by atoms with Gasteiger partial charge in [-0.3, -0.25) is 4.78 Å². The summed E-state index contributed by atoms with van der Waals surface area (Å²) in [6.45, 7) is 2.15. The predicted octanol–water partition coefficient (Wildman–Crippen LogP) is 5.51. The molecule has 2 atom stereocenters. The number of aromatic nitrogens is 6. The van der Waals surface area contributed by atoms with Crippen molar-refractivity contribution in [3.63, 3.8) is 0 Å². The molecule has 46 heavy (non-hydrogen) atoms. The zero-order chi connectivity index (χ0) is 32.5. The van der Waals surface area contributed by atoms with E-state index in [2.05, 4.69) is 48.8 Å². The van der Waals surface area contributed by atoms with E-state index in [1.807, 2.05) is 36.0 Å². The van der Waals surface area contributed by atoms with Crippen molar-refractivity contribution in [1.29, 1.82) is 4.78 Å². The first kappa shape index (κ1) is 32.7. The minimum atomic E-state index is -2.45. The van der Waals surface area contributed by atoms with Crippen molar-refractivity contribution < 1.29 is 8.42 Å². The van der Waals surface area contributed by atoms with Crippen molar-refractivity contribution in [3.05, 3.63) is 37.2 Å². The zero-order valence-electron chi connectivity index (χ0n) is 27.5. The van der Waals surface area contributed by atoms with Crippen LogP contribution in [-0.2, 0) is 26.1 Å². The van der Waals surface area contributed by atoms with Gasteiger partial charge in [0, 0.05) is 81.5 Å². The van der Waals surface area contributed by atoms with E-state index in [1.165, 1.54) is 0 Å². The van der Waals surface area contributed by atoms with Gasteiger partial charge >= 0.3 is 0 Å². The number of aromatic amines is 1. The highest BCUT2D eigenvalue weighted by Crippen LogP contribution is 2.34. The van der Waals surface area contributed by atoms with E-state index in [1.54, 1.807) is 18.9 Å². The van der Waals surface area contributed by atoms with Crippen molar-refractivity contribution in [1.82, 2.24) is 29.5 Å². The first-order chi connectivity index (χ1) is 22.0. The van der Waals surface area contributed by atoms with E-state index in [4.69, 9.17) is 9.14 Å². The van der Waals surface area contributed by atoms with E-state index < -0.39 is 19.5 Å².